The van der Waals surface area contributed by atoms with Crippen LogP contribution in [0.1, 0.15) is 49.0 Å². The molecule has 0 aromatic heterocycles. The van der Waals surface area contributed by atoms with E-state index in [-0.39, 0.29) is 11.9 Å². The Morgan fingerprint density at radius 3 is 2.65 bits per heavy atom. The Hall–Kier alpha value is -1.42. The zero-order valence-electron chi connectivity index (χ0n) is 12.1. The zero-order chi connectivity index (χ0) is 14.7. The predicted octanol–water partition coefficient (Wildman–Crippen LogP) is 2.88. The molecule has 1 aromatic rings. The highest BCUT2D eigenvalue weighted by Gasteiger charge is 2.26. The number of hydrogen-bond donors (Lipinski definition) is 2. The summed E-state index contributed by atoms with van der Waals surface area (Å²) in [5.41, 5.74) is 6.96. The van der Waals surface area contributed by atoms with Crippen molar-refractivity contribution >= 4 is 23.1 Å². The first-order valence-electron chi connectivity index (χ1n) is 7.18. The molecule has 1 aromatic carbocycles. The highest BCUT2D eigenvalue weighted by atomic mass is 32.1. The molecule has 0 bridgehead atoms. The van der Waals surface area contributed by atoms with Gasteiger partial charge in [0.15, 0.2) is 0 Å². The summed E-state index contributed by atoms with van der Waals surface area (Å²) in [7, 11) is 0. The number of nitrogens with one attached hydrogen (secondary N) is 1. The van der Waals surface area contributed by atoms with Gasteiger partial charge in [0, 0.05) is 17.2 Å². The maximum absolute atomic E-state index is 12.3. The van der Waals surface area contributed by atoms with Crippen LogP contribution in [0.15, 0.2) is 24.3 Å². The highest BCUT2D eigenvalue weighted by Crippen LogP contribution is 2.28. The lowest BCUT2D eigenvalue weighted by atomic mass is 9.80. The number of nitrogens with two attached hydrogens (primary N) is 1. The average Bonchev–Trinajstić information content (AvgIpc) is 2.42. The van der Waals surface area contributed by atoms with E-state index in [9.17, 15) is 4.79 Å². The lowest BCUT2D eigenvalue weighted by Crippen LogP contribution is -2.42. The van der Waals surface area contributed by atoms with E-state index < -0.39 is 0 Å². The van der Waals surface area contributed by atoms with Crippen LogP contribution in [0.3, 0.4) is 0 Å². The van der Waals surface area contributed by atoms with Crippen molar-refractivity contribution in [1.82, 2.24) is 5.32 Å². The van der Waals surface area contributed by atoms with Crippen molar-refractivity contribution < 1.29 is 4.79 Å². The summed E-state index contributed by atoms with van der Waals surface area (Å²) in [6, 6.07) is 7.47. The van der Waals surface area contributed by atoms with E-state index in [0.29, 0.717) is 16.5 Å². The lowest BCUT2D eigenvalue weighted by Gasteiger charge is -2.33. The van der Waals surface area contributed by atoms with Crippen molar-refractivity contribution in [3.05, 3.63) is 35.4 Å². The van der Waals surface area contributed by atoms with Gasteiger partial charge in [-0.05, 0) is 43.2 Å². The van der Waals surface area contributed by atoms with Crippen LogP contribution >= 0.6 is 12.2 Å². The third kappa shape index (κ3) is 3.57. The normalized spacial score (nSPS) is 26.0. The standard InChI is InChI=1S/C16H22N2OS/c1-10-6-7-14(11(2)8-10)18-16(19)13-5-3-4-12(9-13)15(17)20/h3-5,9-11,14H,6-8H2,1-2H3,(H2,17,20)(H,18,19). The molecule has 0 saturated heterocycles. The van der Waals surface area contributed by atoms with E-state index in [0.717, 1.165) is 17.9 Å². The maximum atomic E-state index is 12.3. The molecule has 0 spiro atoms. The Bertz CT molecular complexity index is 515. The van der Waals surface area contributed by atoms with Gasteiger partial charge in [-0.15, -0.1) is 0 Å². The number of rotatable bonds is 3. The van der Waals surface area contributed by atoms with Crippen molar-refractivity contribution in [3.63, 3.8) is 0 Å². The average molecular weight is 290 g/mol. The van der Waals surface area contributed by atoms with Crippen LogP contribution in [0.2, 0.25) is 0 Å². The molecule has 1 fully saturated rings. The Morgan fingerprint density at radius 2 is 2.00 bits per heavy atom. The van der Waals surface area contributed by atoms with Gasteiger partial charge in [0.05, 0.1) is 0 Å². The molecule has 0 heterocycles. The molecule has 3 nitrogen and oxygen atoms in total. The van der Waals surface area contributed by atoms with Gasteiger partial charge < -0.3 is 11.1 Å². The quantitative estimate of drug-likeness (QED) is 0.842. The van der Waals surface area contributed by atoms with Crippen LogP contribution < -0.4 is 11.1 Å². The van der Waals surface area contributed by atoms with Crippen molar-refractivity contribution in [2.75, 3.05) is 0 Å². The van der Waals surface area contributed by atoms with Crippen molar-refractivity contribution in [2.24, 2.45) is 17.6 Å². The molecule has 1 amide bonds. The Balaban J connectivity index is 2.05. The molecule has 0 aliphatic heterocycles. The molecule has 1 aliphatic carbocycles. The van der Waals surface area contributed by atoms with Gasteiger partial charge in [-0.3, -0.25) is 4.79 Å². The molecule has 1 aliphatic rings. The van der Waals surface area contributed by atoms with Gasteiger partial charge >= 0.3 is 0 Å². The molecule has 1 saturated carbocycles. The molecule has 3 atom stereocenters. The van der Waals surface area contributed by atoms with Crippen molar-refractivity contribution in [1.29, 1.82) is 0 Å². The van der Waals surface area contributed by atoms with E-state index in [1.165, 1.54) is 12.8 Å². The largest absolute Gasteiger partial charge is 0.389 e. The number of thiocarbonyl (C=S) groups is 1. The molecule has 3 unspecified atom stereocenters. The van der Waals surface area contributed by atoms with Crippen LogP contribution in [0, 0.1) is 11.8 Å². The summed E-state index contributed by atoms with van der Waals surface area (Å²) in [5.74, 6) is 1.26. The molecular weight excluding hydrogens is 268 g/mol. The molecule has 2 rings (SSSR count). The Morgan fingerprint density at radius 1 is 1.30 bits per heavy atom. The monoisotopic (exact) mass is 290 g/mol. The van der Waals surface area contributed by atoms with Gasteiger partial charge in [-0.25, -0.2) is 0 Å². The summed E-state index contributed by atoms with van der Waals surface area (Å²) in [6.45, 7) is 4.49. The predicted molar refractivity (Wildman–Crippen MR) is 85.8 cm³/mol. The minimum absolute atomic E-state index is 0.0329. The topological polar surface area (TPSA) is 55.1 Å². The smallest absolute Gasteiger partial charge is 0.251 e. The van der Waals surface area contributed by atoms with E-state index in [2.05, 4.69) is 19.2 Å². The fourth-order valence-corrected chi connectivity index (χ4v) is 3.07. The number of hydrogen-bond acceptors (Lipinski definition) is 2. The summed E-state index contributed by atoms with van der Waals surface area (Å²) < 4.78 is 0. The minimum Gasteiger partial charge on any atom is -0.389 e. The van der Waals surface area contributed by atoms with Gasteiger partial charge in [0.1, 0.15) is 4.99 Å². The van der Waals surface area contributed by atoms with Crippen LogP contribution in [0.4, 0.5) is 0 Å². The molecule has 0 radical (unpaired) electrons. The van der Waals surface area contributed by atoms with Gasteiger partial charge in [0.25, 0.3) is 5.91 Å². The third-order valence-corrected chi connectivity index (χ3v) is 4.39. The molecule has 4 heteroatoms. The van der Waals surface area contributed by atoms with E-state index >= 15 is 0 Å². The van der Waals surface area contributed by atoms with Crippen LogP contribution in [-0.2, 0) is 0 Å². The Labute approximate surface area is 125 Å². The number of carbonyl (C=O) groups excluding carboxylic acids is 1. The fourth-order valence-electron chi connectivity index (χ4n) is 2.95. The molecule has 108 valence electrons. The van der Waals surface area contributed by atoms with Gasteiger partial charge in [-0.1, -0.05) is 38.2 Å². The summed E-state index contributed by atoms with van der Waals surface area (Å²) in [5, 5.41) is 3.15. The fraction of sp³-hybridized carbons (Fsp3) is 0.500. The number of carbonyl (C=O) groups is 1. The second-order valence-electron chi connectivity index (χ2n) is 5.92. The summed E-state index contributed by atoms with van der Waals surface area (Å²) >= 11 is 4.95. The molecular formula is C16H22N2OS. The van der Waals surface area contributed by atoms with E-state index in [1.807, 2.05) is 12.1 Å². The number of benzene rings is 1. The second-order valence-corrected chi connectivity index (χ2v) is 6.36. The summed E-state index contributed by atoms with van der Waals surface area (Å²) in [4.78, 5) is 12.6. The van der Waals surface area contributed by atoms with Gasteiger partial charge in [-0.2, -0.15) is 0 Å². The first kappa shape index (κ1) is 15.0. The van der Waals surface area contributed by atoms with E-state index in [4.69, 9.17) is 18.0 Å². The lowest BCUT2D eigenvalue weighted by molar-refractivity contribution is 0.0899. The van der Waals surface area contributed by atoms with Crippen LogP contribution in [0.25, 0.3) is 0 Å². The SMILES string of the molecule is CC1CCC(NC(=O)c2cccc(C(N)=S)c2)C(C)C1. The van der Waals surface area contributed by atoms with Gasteiger partial charge in [0.2, 0.25) is 0 Å². The molecule has 20 heavy (non-hydrogen) atoms. The van der Waals surface area contributed by atoms with E-state index in [1.54, 1.807) is 12.1 Å². The first-order chi connectivity index (χ1) is 9.47. The number of amides is 1. The molecule has 3 N–H and O–H groups in total. The zero-order valence-corrected chi connectivity index (χ0v) is 12.9. The maximum Gasteiger partial charge on any atom is 0.251 e. The Kier molecular flexibility index (Phi) is 4.76. The summed E-state index contributed by atoms with van der Waals surface area (Å²) in [6.07, 6.45) is 3.42. The first-order valence-corrected chi connectivity index (χ1v) is 7.59. The minimum atomic E-state index is -0.0329. The van der Waals surface area contributed by atoms with Crippen molar-refractivity contribution in [3.8, 4) is 0 Å². The van der Waals surface area contributed by atoms with Crippen LogP contribution in [-0.4, -0.2) is 16.9 Å². The second kappa shape index (κ2) is 6.35. The highest BCUT2D eigenvalue weighted by molar-refractivity contribution is 7.80. The van der Waals surface area contributed by atoms with Crippen molar-refractivity contribution in [2.45, 2.75) is 39.2 Å². The third-order valence-electron chi connectivity index (χ3n) is 4.16. The van der Waals surface area contributed by atoms with Crippen LogP contribution in [0.5, 0.6) is 0 Å².